The van der Waals surface area contributed by atoms with E-state index < -0.39 is 11.7 Å². The molecule has 0 radical (unpaired) electrons. The Bertz CT molecular complexity index is 519. The molecule has 21 heavy (non-hydrogen) atoms. The van der Waals surface area contributed by atoms with Crippen molar-refractivity contribution in [3.05, 3.63) is 41.5 Å². The highest BCUT2D eigenvalue weighted by molar-refractivity contribution is 5.92. The number of amides is 1. The third-order valence-corrected chi connectivity index (χ3v) is 3.74. The van der Waals surface area contributed by atoms with Crippen molar-refractivity contribution in [3.8, 4) is 0 Å². The summed E-state index contributed by atoms with van der Waals surface area (Å²) >= 11 is 0. The molecule has 2 rings (SSSR count). The summed E-state index contributed by atoms with van der Waals surface area (Å²) < 4.78 is 37.3. The van der Waals surface area contributed by atoms with Crippen molar-refractivity contribution in [2.45, 2.75) is 38.4 Å². The Morgan fingerprint density at radius 1 is 1.24 bits per heavy atom. The Balaban J connectivity index is 2.02. The summed E-state index contributed by atoms with van der Waals surface area (Å²) in [5.74, 6) is -0.0814. The lowest BCUT2D eigenvalue weighted by Gasteiger charge is -2.32. The molecular formula is C16H18F3NO. The number of carbonyl (C=O) groups is 1. The molecule has 1 atom stereocenters. The number of carbonyl (C=O) groups excluding carboxylic acids is 1. The molecule has 114 valence electrons. The number of hydrogen-bond donors (Lipinski definition) is 0. The number of piperidine rings is 1. The van der Waals surface area contributed by atoms with Crippen molar-refractivity contribution >= 4 is 12.0 Å². The summed E-state index contributed by atoms with van der Waals surface area (Å²) in [5.41, 5.74) is -0.100. The van der Waals surface area contributed by atoms with Crippen LogP contribution >= 0.6 is 0 Å². The normalized spacial score (nSPS) is 20.0. The van der Waals surface area contributed by atoms with E-state index in [1.165, 1.54) is 18.2 Å². The number of hydrogen-bond acceptors (Lipinski definition) is 1. The van der Waals surface area contributed by atoms with Gasteiger partial charge >= 0.3 is 6.18 Å². The molecule has 1 fully saturated rings. The Morgan fingerprint density at radius 2 is 1.90 bits per heavy atom. The molecule has 1 unspecified atom stereocenters. The molecule has 1 aromatic carbocycles. The van der Waals surface area contributed by atoms with Gasteiger partial charge in [0.2, 0.25) is 5.91 Å². The number of halogens is 3. The fraction of sp³-hybridized carbons (Fsp3) is 0.438. The van der Waals surface area contributed by atoms with Crippen LogP contribution in [0.25, 0.3) is 6.08 Å². The van der Waals surface area contributed by atoms with Crippen molar-refractivity contribution in [3.63, 3.8) is 0 Å². The van der Waals surface area contributed by atoms with Gasteiger partial charge in [-0.15, -0.1) is 0 Å². The Hall–Kier alpha value is -1.78. The number of nitrogens with zero attached hydrogens (tertiary/aromatic N) is 1. The summed E-state index contributed by atoms with van der Waals surface area (Å²) in [6.45, 7) is 2.76. The molecule has 0 bridgehead atoms. The fourth-order valence-corrected chi connectivity index (χ4v) is 2.47. The van der Waals surface area contributed by atoms with Crippen LogP contribution in [0, 0.1) is 0 Å². The first-order valence-electron chi connectivity index (χ1n) is 7.04. The topological polar surface area (TPSA) is 20.3 Å². The molecule has 0 N–H and O–H groups in total. The third kappa shape index (κ3) is 4.09. The van der Waals surface area contributed by atoms with E-state index >= 15 is 0 Å². The highest BCUT2D eigenvalue weighted by Gasteiger charge is 2.29. The van der Waals surface area contributed by atoms with Gasteiger partial charge in [0.15, 0.2) is 0 Å². The van der Waals surface area contributed by atoms with E-state index in [-0.39, 0.29) is 11.9 Å². The first kappa shape index (κ1) is 15.6. The van der Waals surface area contributed by atoms with Gasteiger partial charge in [-0.3, -0.25) is 4.79 Å². The second kappa shape index (κ2) is 6.33. The Morgan fingerprint density at radius 3 is 2.48 bits per heavy atom. The smallest absolute Gasteiger partial charge is 0.336 e. The number of rotatable bonds is 2. The maximum atomic E-state index is 12.4. The second-order valence-electron chi connectivity index (χ2n) is 5.33. The quantitative estimate of drug-likeness (QED) is 0.752. The van der Waals surface area contributed by atoms with Crippen molar-refractivity contribution < 1.29 is 18.0 Å². The SMILES string of the molecule is CC1CCCCN1C(=O)/C=C/c1ccc(C(F)(F)F)cc1. The second-order valence-corrected chi connectivity index (χ2v) is 5.33. The van der Waals surface area contributed by atoms with Crippen LogP contribution in [0.1, 0.15) is 37.3 Å². The van der Waals surface area contributed by atoms with Gasteiger partial charge in [-0.25, -0.2) is 0 Å². The number of alkyl halides is 3. The zero-order valence-electron chi connectivity index (χ0n) is 11.9. The Labute approximate surface area is 122 Å². The largest absolute Gasteiger partial charge is 0.416 e. The molecule has 0 saturated carbocycles. The van der Waals surface area contributed by atoms with Crippen LogP contribution in [0.15, 0.2) is 30.3 Å². The highest BCUT2D eigenvalue weighted by Crippen LogP contribution is 2.29. The minimum Gasteiger partial charge on any atom is -0.336 e. The number of benzene rings is 1. The van der Waals surface area contributed by atoms with Crippen molar-refractivity contribution in [2.75, 3.05) is 6.54 Å². The van der Waals surface area contributed by atoms with Crippen LogP contribution in [-0.4, -0.2) is 23.4 Å². The lowest BCUT2D eigenvalue weighted by Crippen LogP contribution is -2.41. The monoisotopic (exact) mass is 297 g/mol. The average molecular weight is 297 g/mol. The van der Waals surface area contributed by atoms with Crippen LogP contribution < -0.4 is 0 Å². The summed E-state index contributed by atoms with van der Waals surface area (Å²) in [7, 11) is 0. The molecule has 2 nitrogen and oxygen atoms in total. The molecule has 0 spiro atoms. The van der Waals surface area contributed by atoms with E-state index in [4.69, 9.17) is 0 Å². The predicted molar refractivity (Wildman–Crippen MR) is 75.5 cm³/mol. The van der Waals surface area contributed by atoms with Crippen molar-refractivity contribution in [1.82, 2.24) is 4.90 Å². The van der Waals surface area contributed by atoms with E-state index in [9.17, 15) is 18.0 Å². The lowest BCUT2D eigenvalue weighted by atomic mass is 10.0. The third-order valence-electron chi connectivity index (χ3n) is 3.74. The zero-order valence-corrected chi connectivity index (χ0v) is 11.9. The lowest BCUT2D eigenvalue weighted by molar-refractivity contribution is -0.137. The maximum absolute atomic E-state index is 12.4. The van der Waals surface area contributed by atoms with Crippen LogP contribution in [0.5, 0.6) is 0 Å². The van der Waals surface area contributed by atoms with Gasteiger partial charge in [-0.1, -0.05) is 12.1 Å². The van der Waals surface area contributed by atoms with Crippen LogP contribution in [0.3, 0.4) is 0 Å². The van der Waals surface area contributed by atoms with E-state index in [0.717, 1.165) is 37.9 Å². The summed E-state index contributed by atoms with van der Waals surface area (Å²) in [5, 5.41) is 0. The molecule has 1 heterocycles. The van der Waals surface area contributed by atoms with Crippen molar-refractivity contribution in [1.29, 1.82) is 0 Å². The standard InChI is InChI=1S/C16H18F3NO/c1-12-4-2-3-11-20(12)15(21)10-7-13-5-8-14(9-6-13)16(17,18)19/h5-10,12H,2-4,11H2,1H3/b10-7+. The molecule has 1 aromatic rings. The summed E-state index contributed by atoms with van der Waals surface area (Å²) in [4.78, 5) is 13.9. The van der Waals surface area contributed by atoms with Gasteiger partial charge in [0.1, 0.15) is 0 Å². The van der Waals surface area contributed by atoms with E-state index in [1.807, 2.05) is 11.8 Å². The zero-order chi connectivity index (χ0) is 15.5. The van der Waals surface area contributed by atoms with E-state index in [0.29, 0.717) is 5.56 Å². The average Bonchev–Trinajstić information content (AvgIpc) is 2.45. The van der Waals surface area contributed by atoms with Crippen LogP contribution in [0.4, 0.5) is 13.2 Å². The minimum atomic E-state index is -4.33. The molecule has 1 saturated heterocycles. The first-order valence-corrected chi connectivity index (χ1v) is 7.04. The molecular weight excluding hydrogens is 279 g/mol. The van der Waals surface area contributed by atoms with Gasteiger partial charge in [0.25, 0.3) is 0 Å². The maximum Gasteiger partial charge on any atom is 0.416 e. The van der Waals surface area contributed by atoms with Gasteiger partial charge in [0, 0.05) is 18.7 Å². The highest BCUT2D eigenvalue weighted by atomic mass is 19.4. The molecule has 1 aliphatic rings. The van der Waals surface area contributed by atoms with Crippen LogP contribution in [0.2, 0.25) is 0 Å². The van der Waals surface area contributed by atoms with Gasteiger partial charge in [-0.05, 0) is 50.0 Å². The molecule has 0 aromatic heterocycles. The van der Waals surface area contributed by atoms with E-state index in [2.05, 4.69) is 0 Å². The molecule has 1 aliphatic heterocycles. The van der Waals surface area contributed by atoms with Gasteiger partial charge < -0.3 is 4.90 Å². The predicted octanol–water partition coefficient (Wildman–Crippen LogP) is 4.12. The first-order chi connectivity index (χ1) is 9.88. The summed E-state index contributed by atoms with van der Waals surface area (Å²) in [6.07, 6.45) is 1.80. The van der Waals surface area contributed by atoms with Gasteiger partial charge in [0.05, 0.1) is 5.56 Å². The van der Waals surface area contributed by atoms with E-state index in [1.54, 1.807) is 6.08 Å². The van der Waals surface area contributed by atoms with Crippen molar-refractivity contribution in [2.24, 2.45) is 0 Å². The molecule has 5 heteroatoms. The molecule has 0 aliphatic carbocycles. The number of likely N-dealkylation sites (tertiary alicyclic amines) is 1. The molecule has 1 amide bonds. The van der Waals surface area contributed by atoms with Gasteiger partial charge in [-0.2, -0.15) is 13.2 Å². The minimum absolute atomic E-state index is 0.0814. The fourth-order valence-electron chi connectivity index (χ4n) is 2.47. The Kier molecular flexibility index (Phi) is 4.70. The van der Waals surface area contributed by atoms with Crippen LogP contribution in [-0.2, 0) is 11.0 Å². The summed E-state index contributed by atoms with van der Waals surface area (Å²) in [6, 6.07) is 5.00.